The maximum Gasteiger partial charge on any atom is 0.291 e. The van der Waals surface area contributed by atoms with Gasteiger partial charge < -0.3 is 9.73 Å². The van der Waals surface area contributed by atoms with E-state index in [4.69, 9.17) is 4.42 Å². The van der Waals surface area contributed by atoms with Crippen molar-refractivity contribution in [1.82, 2.24) is 4.90 Å². The molecule has 0 bridgehead atoms. The molecule has 3 aromatic carbocycles. The Bertz CT molecular complexity index is 1190. The van der Waals surface area contributed by atoms with Gasteiger partial charge in [-0.15, -0.1) is 0 Å². The van der Waals surface area contributed by atoms with Crippen LogP contribution in [0.3, 0.4) is 0 Å². The van der Waals surface area contributed by atoms with Gasteiger partial charge >= 0.3 is 0 Å². The van der Waals surface area contributed by atoms with Gasteiger partial charge in [0, 0.05) is 18.7 Å². The van der Waals surface area contributed by atoms with E-state index in [0.717, 1.165) is 5.56 Å². The summed E-state index contributed by atoms with van der Waals surface area (Å²) in [6.07, 6.45) is 0. The summed E-state index contributed by atoms with van der Waals surface area (Å²) >= 11 is 0. The first-order valence-corrected chi connectivity index (χ1v) is 10.2. The Balaban J connectivity index is 1.49. The van der Waals surface area contributed by atoms with Crippen molar-refractivity contribution >= 4 is 11.6 Å². The van der Waals surface area contributed by atoms with E-state index in [1.807, 2.05) is 35.2 Å². The van der Waals surface area contributed by atoms with Crippen LogP contribution in [0.4, 0.5) is 14.5 Å². The zero-order chi connectivity index (χ0) is 22.3. The third kappa shape index (κ3) is 5.47. The van der Waals surface area contributed by atoms with Crippen LogP contribution in [0.15, 0.2) is 95.4 Å². The summed E-state index contributed by atoms with van der Waals surface area (Å²) in [6, 6.07) is 25.7. The van der Waals surface area contributed by atoms with Crippen LogP contribution in [0.1, 0.15) is 27.4 Å². The average molecular weight is 432 g/mol. The van der Waals surface area contributed by atoms with Crippen molar-refractivity contribution in [2.24, 2.45) is 0 Å². The lowest BCUT2D eigenvalue weighted by molar-refractivity contribution is 0.0991. The first kappa shape index (κ1) is 21.5. The zero-order valence-corrected chi connectivity index (χ0v) is 17.3. The molecule has 0 unspecified atom stereocenters. The molecule has 4 aromatic rings. The van der Waals surface area contributed by atoms with Crippen LogP contribution in [0.5, 0.6) is 0 Å². The number of rotatable bonds is 8. The minimum absolute atomic E-state index is 0.0776. The lowest BCUT2D eigenvalue weighted by Gasteiger charge is -2.22. The van der Waals surface area contributed by atoms with Gasteiger partial charge in [0.15, 0.2) is 5.76 Å². The molecule has 1 aromatic heterocycles. The minimum atomic E-state index is -0.537. The molecule has 0 spiro atoms. The van der Waals surface area contributed by atoms with E-state index in [0.29, 0.717) is 31.0 Å². The van der Waals surface area contributed by atoms with E-state index in [1.54, 1.807) is 42.5 Å². The predicted molar refractivity (Wildman–Crippen MR) is 119 cm³/mol. The van der Waals surface area contributed by atoms with Gasteiger partial charge in [-0.2, -0.15) is 0 Å². The van der Waals surface area contributed by atoms with Crippen LogP contribution >= 0.6 is 0 Å². The first-order chi connectivity index (χ1) is 15.6. The number of hydrogen-bond acceptors (Lipinski definition) is 3. The summed E-state index contributed by atoms with van der Waals surface area (Å²) in [5, 5.41) is 2.51. The number of furan rings is 1. The van der Waals surface area contributed by atoms with E-state index in [2.05, 4.69) is 5.32 Å². The lowest BCUT2D eigenvalue weighted by atomic mass is 10.1. The number of benzene rings is 3. The zero-order valence-electron chi connectivity index (χ0n) is 17.3. The summed E-state index contributed by atoms with van der Waals surface area (Å²) < 4.78 is 33.8. The molecule has 0 atom stereocenters. The standard InChI is InChI=1S/C26H22F2N2O2/c27-22-11-5-4-10-20(22)17-30(16-19-8-2-1-3-9-19)18-21-14-15-25(32-21)26(31)29-24-13-7-6-12-23(24)28/h1-15H,16-18H2,(H,29,31). The van der Waals surface area contributed by atoms with Gasteiger partial charge in [-0.25, -0.2) is 8.78 Å². The number of anilines is 1. The van der Waals surface area contributed by atoms with Crippen molar-refractivity contribution in [2.75, 3.05) is 5.32 Å². The number of carbonyl (C=O) groups excluding carboxylic acids is 1. The number of nitrogens with one attached hydrogen (secondary N) is 1. The van der Waals surface area contributed by atoms with Crippen LogP contribution < -0.4 is 5.32 Å². The fourth-order valence-corrected chi connectivity index (χ4v) is 3.43. The third-order valence-corrected chi connectivity index (χ3v) is 4.99. The smallest absolute Gasteiger partial charge is 0.291 e. The van der Waals surface area contributed by atoms with Gasteiger partial charge in [-0.1, -0.05) is 60.7 Å². The molecule has 162 valence electrons. The van der Waals surface area contributed by atoms with Crippen molar-refractivity contribution in [2.45, 2.75) is 19.6 Å². The van der Waals surface area contributed by atoms with E-state index >= 15 is 0 Å². The molecular weight excluding hydrogens is 410 g/mol. The van der Waals surface area contributed by atoms with E-state index in [9.17, 15) is 13.6 Å². The number of nitrogens with zero attached hydrogens (tertiary/aromatic N) is 1. The fourth-order valence-electron chi connectivity index (χ4n) is 3.43. The Labute approximate surface area is 185 Å². The lowest BCUT2D eigenvalue weighted by Crippen LogP contribution is -2.22. The summed E-state index contributed by atoms with van der Waals surface area (Å²) in [4.78, 5) is 14.5. The molecule has 0 radical (unpaired) electrons. The molecule has 1 heterocycles. The topological polar surface area (TPSA) is 45.5 Å². The number of para-hydroxylation sites is 1. The summed E-state index contributed by atoms with van der Waals surface area (Å²) in [7, 11) is 0. The maximum atomic E-state index is 14.2. The Morgan fingerprint density at radius 1 is 0.750 bits per heavy atom. The van der Waals surface area contributed by atoms with Gasteiger partial charge in [0.2, 0.25) is 0 Å². The quantitative estimate of drug-likeness (QED) is 0.371. The van der Waals surface area contributed by atoms with E-state index < -0.39 is 11.7 Å². The van der Waals surface area contributed by atoms with Crippen molar-refractivity contribution in [3.8, 4) is 0 Å². The van der Waals surface area contributed by atoms with Crippen LogP contribution in [0.25, 0.3) is 0 Å². The van der Waals surface area contributed by atoms with Gasteiger partial charge in [-0.05, 0) is 35.9 Å². The molecule has 1 amide bonds. The number of halogens is 2. The van der Waals surface area contributed by atoms with Gasteiger partial charge in [-0.3, -0.25) is 9.69 Å². The van der Waals surface area contributed by atoms with Crippen molar-refractivity contribution in [1.29, 1.82) is 0 Å². The van der Waals surface area contributed by atoms with Gasteiger partial charge in [0.25, 0.3) is 5.91 Å². The second-order valence-electron chi connectivity index (χ2n) is 7.42. The highest BCUT2D eigenvalue weighted by molar-refractivity contribution is 6.02. The Kier molecular flexibility index (Phi) is 6.72. The van der Waals surface area contributed by atoms with E-state index in [1.165, 1.54) is 18.2 Å². The second-order valence-corrected chi connectivity index (χ2v) is 7.42. The largest absolute Gasteiger partial charge is 0.455 e. The molecule has 0 aliphatic carbocycles. The van der Waals surface area contributed by atoms with Crippen LogP contribution in [-0.2, 0) is 19.6 Å². The minimum Gasteiger partial charge on any atom is -0.455 e. The predicted octanol–water partition coefficient (Wildman–Crippen LogP) is 6.01. The molecule has 1 N–H and O–H groups in total. The molecule has 0 aliphatic heterocycles. The molecule has 4 rings (SSSR count). The SMILES string of the molecule is O=C(Nc1ccccc1F)c1ccc(CN(Cc2ccccc2)Cc2ccccc2F)o1. The molecule has 32 heavy (non-hydrogen) atoms. The monoisotopic (exact) mass is 432 g/mol. The molecule has 6 heteroatoms. The van der Waals surface area contributed by atoms with Crippen LogP contribution in [0, 0.1) is 11.6 Å². The molecule has 0 saturated carbocycles. The molecule has 0 fully saturated rings. The summed E-state index contributed by atoms with van der Waals surface area (Å²) in [5.74, 6) is -0.698. The summed E-state index contributed by atoms with van der Waals surface area (Å²) in [6.45, 7) is 1.32. The number of hydrogen-bond donors (Lipinski definition) is 1. The normalized spacial score (nSPS) is 11.0. The second kappa shape index (κ2) is 10.0. The molecular formula is C26H22F2N2O2. The fraction of sp³-hybridized carbons (Fsp3) is 0.115. The van der Waals surface area contributed by atoms with Gasteiger partial charge in [0.05, 0.1) is 12.2 Å². The van der Waals surface area contributed by atoms with Gasteiger partial charge in [0.1, 0.15) is 17.4 Å². The highest BCUT2D eigenvalue weighted by atomic mass is 19.1. The molecule has 0 saturated heterocycles. The highest BCUT2D eigenvalue weighted by Crippen LogP contribution is 2.19. The highest BCUT2D eigenvalue weighted by Gasteiger charge is 2.16. The average Bonchev–Trinajstić information content (AvgIpc) is 3.26. The number of amides is 1. The van der Waals surface area contributed by atoms with Crippen molar-refractivity contribution in [3.05, 3.63) is 125 Å². The van der Waals surface area contributed by atoms with Crippen LogP contribution in [0.2, 0.25) is 0 Å². The summed E-state index contributed by atoms with van der Waals surface area (Å²) in [5.41, 5.74) is 1.74. The third-order valence-electron chi connectivity index (χ3n) is 4.99. The Morgan fingerprint density at radius 3 is 2.19 bits per heavy atom. The maximum absolute atomic E-state index is 14.2. The Hall–Kier alpha value is -3.77. The first-order valence-electron chi connectivity index (χ1n) is 10.2. The van der Waals surface area contributed by atoms with Crippen molar-refractivity contribution < 1.29 is 18.0 Å². The van der Waals surface area contributed by atoms with Crippen LogP contribution in [-0.4, -0.2) is 10.8 Å². The van der Waals surface area contributed by atoms with E-state index in [-0.39, 0.29) is 17.3 Å². The Morgan fingerprint density at radius 2 is 1.44 bits per heavy atom. The van der Waals surface area contributed by atoms with Crippen molar-refractivity contribution in [3.63, 3.8) is 0 Å². The number of carbonyl (C=O) groups is 1. The molecule has 4 nitrogen and oxygen atoms in total. The molecule has 0 aliphatic rings.